The summed E-state index contributed by atoms with van der Waals surface area (Å²) in [7, 11) is 0. The van der Waals surface area contributed by atoms with E-state index in [0.717, 1.165) is 0 Å². The van der Waals surface area contributed by atoms with E-state index in [1.54, 1.807) is 6.92 Å². The Morgan fingerprint density at radius 2 is 2.11 bits per heavy atom. The summed E-state index contributed by atoms with van der Waals surface area (Å²) in [4.78, 5) is 22.7. The molecule has 2 rings (SSSR count). The van der Waals surface area contributed by atoms with Crippen molar-refractivity contribution in [3.63, 3.8) is 0 Å². The zero-order valence-electron chi connectivity index (χ0n) is 14.8. The van der Waals surface area contributed by atoms with Crippen molar-refractivity contribution in [2.45, 2.75) is 33.4 Å². The number of ether oxygens (including phenoxy) is 2. The van der Waals surface area contributed by atoms with Crippen molar-refractivity contribution in [2.75, 3.05) is 11.9 Å². The van der Waals surface area contributed by atoms with Crippen molar-refractivity contribution < 1.29 is 28.0 Å². The minimum Gasteiger partial charge on any atom is -0.490 e. The van der Waals surface area contributed by atoms with Crippen molar-refractivity contribution in [2.24, 2.45) is 0 Å². The number of hydrogen-bond acceptors (Lipinski definition) is 6. The summed E-state index contributed by atoms with van der Waals surface area (Å²) >= 11 is 0. The maximum absolute atomic E-state index is 12.4. The third-order valence-corrected chi connectivity index (χ3v) is 3.59. The van der Waals surface area contributed by atoms with Gasteiger partial charge in [0.2, 0.25) is 5.91 Å². The Hall–Kier alpha value is -3.24. The molecule has 0 spiro atoms. The van der Waals surface area contributed by atoms with E-state index in [1.165, 1.54) is 42.9 Å². The first-order valence-electron chi connectivity index (χ1n) is 7.95. The molecule has 0 aliphatic rings. The fraction of sp³-hybridized carbons (Fsp3) is 0.375. The molecule has 146 valence electrons. The Bertz CT molecular complexity index is 840. The number of halogens is 2. The highest BCUT2D eigenvalue weighted by atomic mass is 19.3. The molecule has 11 heteroatoms. The lowest BCUT2D eigenvalue weighted by Gasteiger charge is -2.15. The van der Waals surface area contributed by atoms with E-state index in [0.29, 0.717) is 0 Å². The molecule has 1 unspecified atom stereocenters. The maximum Gasteiger partial charge on any atom is 0.387 e. The van der Waals surface area contributed by atoms with E-state index >= 15 is 0 Å². The van der Waals surface area contributed by atoms with Crippen LogP contribution in [0.25, 0.3) is 0 Å². The van der Waals surface area contributed by atoms with Gasteiger partial charge in [0.15, 0.2) is 11.5 Å². The van der Waals surface area contributed by atoms with Crippen molar-refractivity contribution in [1.29, 1.82) is 0 Å². The molecule has 0 fully saturated rings. The quantitative estimate of drug-likeness (QED) is 0.553. The maximum atomic E-state index is 12.4. The van der Waals surface area contributed by atoms with Crippen LogP contribution < -0.4 is 14.8 Å². The second-order valence-corrected chi connectivity index (χ2v) is 5.48. The summed E-state index contributed by atoms with van der Waals surface area (Å²) in [5, 5.41) is 17.5. The molecule has 0 saturated heterocycles. The van der Waals surface area contributed by atoms with E-state index in [9.17, 15) is 23.7 Å². The molecule has 1 atom stereocenters. The summed E-state index contributed by atoms with van der Waals surface area (Å²) in [5.74, 6) is -0.609. The third kappa shape index (κ3) is 4.90. The molecule has 1 amide bonds. The predicted octanol–water partition coefficient (Wildman–Crippen LogP) is 3.30. The minimum absolute atomic E-state index is 0.0498. The van der Waals surface area contributed by atoms with Gasteiger partial charge in [-0.15, -0.1) is 0 Å². The van der Waals surface area contributed by atoms with Gasteiger partial charge in [-0.1, -0.05) is 0 Å². The number of rotatable bonds is 8. The van der Waals surface area contributed by atoms with Crippen LogP contribution in [-0.2, 0) is 4.79 Å². The normalized spacial score (nSPS) is 11.9. The van der Waals surface area contributed by atoms with Crippen molar-refractivity contribution in [3.8, 4) is 11.5 Å². The molecule has 2 aromatic rings. The Morgan fingerprint density at radius 3 is 2.67 bits per heavy atom. The molecular weight excluding hydrogens is 366 g/mol. The van der Waals surface area contributed by atoms with Crippen LogP contribution in [-0.4, -0.2) is 33.8 Å². The largest absolute Gasteiger partial charge is 0.490 e. The smallest absolute Gasteiger partial charge is 0.387 e. The summed E-state index contributed by atoms with van der Waals surface area (Å²) < 4.78 is 35.7. The number of anilines is 1. The first kappa shape index (κ1) is 20.1. The topological polar surface area (TPSA) is 109 Å². The van der Waals surface area contributed by atoms with E-state index < -0.39 is 23.5 Å². The number of aryl methyl sites for hydroxylation is 1. The van der Waals surface area contributed by atoms with Crippen molar-refractivity contribution in [1.82, 2.24) is 9.78 Å². The number of amides is 1. The van der Waals surface area contributed by atoms with Gasteiger partial charge in [0, 0.05) is 11.8 Å². The molecule has 0 saturated carbocycles. The van der Waals surface area contributed by atoms with Gasteiger partial charge in [-0.25, -0.2) is 0 Å². The van der Waals surface area contributed by atoms with Crippen LogP contribution in [0.3, 0.4) is 0 Å². The second-order valence-electron chi connectivity index (χ2n) is 5.48. The Kier molecular flexibility index (Phi) is 6.27. The van der Waals surface area contributed by atoms with Gasteiger partial charge >= 0.3 is 12.3 Å². The number of hydrogen-bond donors (Lipinski definition) is 1. The van der Waals surface area contributed by atoms with Gasteiger partial charge in [-0.05, 0) is 32.9 Å². The lowest BCUT2D eigenvalue weighted by atomic mass is 10.2. The number of nitro groups is 1. The molecule has 1 aromatic carbocycles. The monoisotopic (exact) mass is 384 g/mol. The molecule has 1 heterocycles. The predicted molar refractivity (Wildman–Crippen MR) is 91.2 cm³/mol. The molecule has 1 N–H and O–H groups in total. The van der Waals surface area contributed by atoms with Gasteiger partial charge in [0.25, 0.3) is 0 Å². The van der Waals surface area contributed by atoms with Crippen LogP contribution in [0.2, 0.25) is 0 Å². The first-order valence-corrected chi connectivity index (χ1v) is 7.95. The fourth-order valence-electron chi connectivity index (χ4n) is 2.26. The number of carbonyl (C=O) groups is 1. The van der Waals surface area contributed by atoms with Crippen LogP contribution >= 0.6 is 0 Å². The molecule has 0 aliphatic carbocycles. The number of alkyl halides is 2. The number of benzene rings is 1. The number of aromatic nitrogens is 2. The fourth-order valence-corrected chi connectivity index (χ4v) is 2.26. The van der Waals surface area contributed by atoms with Gasteiger partial charge in [-0.2, -0.15) is 13.9 Å². The Balaban J connectivity index is 2.17. The van der Waals surface area contributed by atoms with Crippen LogP contribution in [0.5, 0.6) is 11.5 Å². The van der Waals surface area contributed by atoms with E-state index in [2.05, 4.69) is 15.2 Å². The van der Waals surface area contributed by atoms with Crippen LogP contribution in [0, 0.1) is 17.0 Å². The van der Waals surface area contributed by atoms with Crippen molar-refractivity contribution in [3.05, 3.63) is 40.2 Å². The van der Waals surface area contributed by atoms with Crippen LogP contribution in [0.4, 0.5) is 20.2 Å². The highest BCUT2D eigenvalue weighted by Crippen LogP contribution is 2.32. The van der Waals surface area contributed by atoms with Crippen LogP contribution in [0.15, 0.2) is 24.4 Å². The van der Waals surface area contributed by atoms with Gasteiger partial charge in [0.1, 0.15) is 17.9 Å². The van der Waals surface area contributed by atoms with Gasteiger partial charge in [-0.3, -0.25) is 19.6 Å². The number of carbonyl (C=O) groups excluding carboxylic acids is 1. The highest BCUT2D eigenvalue weighted by Gasteiger charge is 2.22. The van der Waals surface area contributed by atoms with Crippen molar-refractivity contribution >= 4 is 17.3 Å². The number of nitrogens with one attached hydrogen (secondary N) is 1. The lowest BCUT2D eigenvalue weighted by molar-refractivity contribution is -0.385. The standard InChI is InChI=1S/C16H18F2N4O5/c1-4-26-14-7-11(5-6-13(14)27-16(17)18)19-15(23)10(3)21-8-12(22(24)25)9(2)20-21/h5-8,10,16H,4H2,1-3H3,(H,19,23). The first-order chi connectivity index (χ1) is 12.7. The molecule has 0 aliphatic heterocycles. The van der Waals surface area contributed by atoms with Gasteiger partial charge < -0.3 is 14.8 Å². The third-order valence-electron chi connectivity index (χ3n) is 3.59. The summed E-state index contributed by atoms with van der Waals surface area (Å²) in [6, 6.07) is 3.13. The molecule has 9 nitrogen and oxygen atoms in total. The molecule has 0 radical (unpaired) electrons. The SMILES string of the molecule is CCOc1cc(NC(=O)C(C)n2cc([N+](=O)[O-])c(C)n2)ccc1OC(F)F. The Labute approximate surface area is 153 Å². The average molecular weight is 384 g/mol. The number of nitrogens with zero attached hydrogens (tertiary/aromatic N) is 3. The minimum atomic E-state index is -3.01. The Morgan fingerprint density at radius 1 is 1.41 bits per heavy atom. The second kappa shape index (κ2) is 8.43. The lowest BCUT2D eigenvalue weighted by Crippen LogP contribution is -2.24. The summed E-state index contributed by atoms with van der Waals surface area (Å²) in [6.45, 7) is 1.86. The molecule has 27 heavy (non-hydrogen) atoms. The molecular formula is C16H18F2N4O5. The zero-order chi connectivity index (χ0) is 20.1. The van der Waals surface area contributed by atoms with E-state index in [1.807, 2.05) is 0 Å². The highest BCUT2D eigenvalue weighted by molar-refractivity contribution is 5.93. The van der Waals surface area contributed by atoms with Crippen LogP contribution in [0.1, 0.15) is 25.6 Å². The molecule has 1 aromatic heterocycles. The zero-order valence-corrected chi connectivity index (χ0v) is 14.8. The average Bonchev–Trinajstić information content (AvgIpc) is 2.98. The van der Waals surface area contributed by atoms with E-state index in [-0.39, 0.29) is 35.2 Å². The van der Waals surface area contributed by atoms with Gasteiger partial charge in [0.05, 0.1) is 11.5 Å². The van der Waals surface area contributed by atoms with E-state index in [4.69, 9.17) is 4.74 Å². The summed E-state index contributed by atoms with van der Waals surface area (Å²) in [6.07, 6.45) is 1.17. The summed E-state index contributed by atoms with van der Waals surface area (Å²) in [5.41, 5.74) is 0.281. The molecule has 0 bridgehead atoms.